The minimum Gasteiger partial charge on any atom is -0.454 e. The molecule has 0 amide bonds. The van der Waals surface area contributed by atoms with Crippen molar-refractivity contribution in [1.29, 1.82) is 5.26 Å². The number of nitrogens with two attached hydrogens (primary N) is 1. The number of ether oxygens (including phenoxy) is 1. The van der Waals surface area contributed by atoms with Gasteiger partial charge in [-0.2, -0.15) is 18.4 Å². The van der Waals surface area contributed by atoms with Crippen LogP contribution in [0.4, 0.5) is 23.2 Å². The van der Waals surface area contributed by atoms with Crippen LogP contribution in [0, 0.1) is 17.1 Å². The molecule has 7 heteroatoms. The van der Waals surface area contributed by atoms with Crippen molar-refractivity contribution in [3.05, 3.63) is 53.3 Å². The van der Waals surface area contributed by atoms with E-state index in [9.17, 15) is 17.6 Å². The van der Waals surface area contributed by atoms with Crippen LogP contribution in [0.2, 0.25) is 0 Å². The Bertz CT molecular complexity index is 720. The first-order valence-electron chi connectivity index (χ1n) is 5.65. The summed E-state index contributed by atoms with van der Waals surface area (Å²) in [5.74, 6) is -0.835. The van der Waals surface area contributed by atoms with Crippen molar-refractivity contribution in [2.75, 3.05) is 5.73 Å². The first-order chi connectivity index (χ1) is 9.81. The summed E-state index contributed by atoms with van der Waals surface area (Å²) < 4.78 is 56.0. The molecule has 0 aliphatic heterocycles. The third kappa shape index (κ3) is 3.23. The molecule has 0 unspecified atom stereocenters. The van der Waals surface area contributed by atoms with E-state index in [2.05, 4.69) is 0 Å². The van der Waals surface area contributed by atoms with E-state index in [4.69, 9.17) is 15.7 Å². The zero-order valence-electron chi connectivity index (χ0n) is 10.4. The minimum absolute atomic E-state index is 0.0775. The average molecular weight is 296 g/mol. The summed E-state index contributed by atoms with van der Waals surface area (Å²) >= 11 is 0. The second kappa shape index (κ2) is 5.32. The highest BCUT2D eigenvalue weighted by Gasteiger charge is 2.31. The Morgan fingerprint density at radius 2 is 1.76 bits per heavy atom. The van der Waals surface area contributed by atoms with Gasteiger partial charge in [-0.1, -0.05) is 0 Å². The van der Waals surface area contributed by atoms with Gasteiger partial charge in [0, 0.05) is 6.07 Å². The lowest BCUT2D eigenvalue weighted by Gasteiger charge is -2.12. The summed E-state index contributed by atoms with van der Waals surface area (Å²) in [6.45, 7) is 0. The minimum atomic E-state index is -4.57. The fraction of sp³-hybridized carbons (Fsp3) is 0.0714. The Balaban J connectivity index is 2.41. The molecule has 0 saturated heterocycles. The largest absolute Gasteiger partial charge is 0.454 e. The van der Waals surface area contributed by atoms with E-state index in [0.717, 1.165) is 24.3 Å². The highest BCUT2D eigenvalue weighted by atomic mass is 19.4. The average Bonchev–Trinajstić information content (AvgIpc) is 2.42. The maximum atomic E-state index is 13.1. The third-order valence-electron chi connectivity index (χ3n) is 2.62. The van der Waals surface area contributed by atoms with Crippen molar-refractivity contribution >= 4 is 5.69 Å². The summed E-state index contributed by atoms with van der Waals surface area (Å²) in [6, 6.07) is 7.36. The first kappa shape index (κ1) is 14.7. The molecule has 0 aromatic heterocycles. The lowest BCUT2D eigenvalue weighted by atomic mass is 10.1. The molecule has 0 heterocycles. The van der Waals surface area contributed by atoms with E-state index in [1.165, 1.54) is 6.07 Å². The van der Waals surface area contributed by atoms with Gasteiger partial charge < -0.3 is 10.5 Å². The van der Waals surface area contributed by atoms with Crippen LogP contribution in [0.3, 0.4) is 0 Å². The van der Waals surface area contributed by atoms with Crippen LogP contribution in [0.15, 0.2) is 36.4 Å². The Morgan fingerprint density at radius 3 is 2.38 bits per heavy atom. The molecule has 0 spiro atoms. The van der Waals surface area contributed by atoms with E-state index in [0.29, 0.717) is 6.07 Å². The number of nitrogen functional groups attached to an aromatic ring is 1. The Kier molecular flexibility index (Phi) is 3.72. The number of benzene rings is 2. The summed E-state index contributed by atoms with van der Waals surface area (Å²) in [5.41, 5.74) is 4.37. The topological polar surface area (TPSA) is 59.0 Å². The lowest BCUT2D eigenvalue weighted by molar-refractivity contribution is -0.137. The van der Waals surface area contributed by atoms with Gasteiger partial charge in [0.25, 0.3) is 0 Å². The van der Waals surface area contributed by atoms with Gasteiger partial charge in [-0.3, -0.25) is 0 Å². The molecule has 21 heavy (non-hydrogen) atoms. The van der Waals surface area contributed by atoms with Gasteiger partial charge in [-0.25, -0.2) is 4.39 Å². The number of hydrogen-bond acceptors (Lipinski definition) is 3. The van der Waals surface area contributed by atoms with Crippen molar-refractivity contribution < 1.29 is 22.3 Å². The first-order valence-corrected chi connectivity index (χ1v) is 5.65. The van der Waals surface area contributed by atoms with E-state index >= 15 is 0 Å². The van der Waals surface area contributed by atoms with Gasteiger partial charge in [-0.15, -0.1) is 0 Å². The standard InChI is InChI=1S/C14H8F4N2O/c15-10-2-3-11(20)13(6-10)21-12-4-1-9(14(16,17)18)5-8(12)7-19/h1-6H,20H2. The number of halogens is 4. The highest BCUT2D eigenvalue weighted by molar-refractivity contribution is 5.56. The van der Waals surface area contributed by atoms with Crippen LogP contribution < -0.4 is 10.5 Å². The predicted molar refractivity (Wildman–Crippen MR) is 67.0 cm³/mol. The molecular weight excluding hydrogens is 288 g/mol. The molecule has 0 aliphatic rings. The molecule has 2 N–H and O–H groups in total. The molecule has 2 rings (SSSR count). The van der Waals surface area contributed by atoms with Crippen LogP contribution in [0.5, 0.6) is 11.5 Å². The number of hydrogen-bond donors (Lipinski definition) is 1. The fourth-order valence-corrected chi connectivity index (χ4v) is 1.60. The van der Waals surface area contributed by atoms with Crippen molar-refractivity contribution in [1.82, 2.24) is 0 Å². The van der Waals surface area contributed by atoms with Gasteiger partial charge in [0.05, 0.1) is 16.8 Å². The van der Waals surface area contributed by atoms with Crippen molar-refractivity contribution in [2.45, 2.75) is 6.18 Å². The van der Waals surface area contributed by atoms with E-state index in [-0.39, 0.29) is 22.7 Å². The maximum absolute atomic E-state index is 13.1. The molecule has 0 fully saturated rings. The van der Waals surface area contributed by atoms with E-state index < -0.39 is 17.6 Å². The quantitative estimate of drug-likeness (QED) is 0.670. The Labute approximate surface area is 117 Å². The Morgan fingerprint density at radius 1 is 1.05 bits per heavy atom. The van der Waals surface area contributed by atoms with Crippen molar-refractivity contribution in [2.24, 2.45) is 0 Å². The van der Waals surface area contributed by atoms with Gasteiger partial charge in [0.1, 0.15) is 17.6 Å². The van der Waals surface area contributed by atoms with Gasteiger partial charge >= 0.3 is 6.18 Å². The predicted octanol–water partition coefficient (Wildman–Crippen LogP) is 4.09. The number of nitriles is 1. The number of anilines is 1. The molecule has 0 atom stereocenters. The Hall–Kier alpha value is -2.75. The molecule has 0 aliphatic carbocycles. The molecule has 0 saturated carbocycles. The van der Waals surface area contributed by atoms with Crippen LogP contribution >= 0.6 is 0 Å². The SMILES string of the molecule is N#Cc1cc(C(F)(F)F)ccc1Oc1cc(F)ccc1N. The molecule has 0 bridgehead atoms. The summed E-state index contributed by atoms with van der Waals surface area (Å²) in [4.78, 5) is 0. The second-order valence-electron chi connectivity index (χ2n) is 4.10. The molecule has 2 aromatic carbocycles. The normalized spacial score (nSPS) is 11.0. The molecule has 0 radical (unpaired) electrons. The molecular formula is C14H8F4N2O. The second-order valence-corrected chi connectivity index (χ2v) is 4.10. The molecule has 3 nitrogen and oxygen atoms in total. The monoisotopic (exact) mass is 296 g/mol. The number of alkyl halides is 3. The number of nitrogens with zero attached hydrogens (tertiary/aromatic N) is 1. The van der Waals surface area contributed by atoms with Crippen LogP contribution in [-0.4, -0.2) is 0 Å². The van der Waals surface area contributed by atoms with Crippen LogP contribution in [0.1, 0.15) is 11.1 Å². The van der Waals surface area contributed by atoms with Gasteiger partial charge in [0.2, 0.25) is 0 Å². The number of rotatable bonds is 2. The van der Waals surface area contributed by atoms with Gasteiger partial charge in [-0.05, 0) is 30.3 Å². The van der Waals surface area contributed by atoms with Gasteiger partial charge in [0.15, 0.2) is 5.75 Å². The fourth-order valence-electron chi connectivity index (χ4n) is 1.60. The van der Waals surface area contributed by atoms with E-state index in [1.807, 2.05) is 0 Å². The molecule has 108 valence electrons. The summed E-state index contributed by atoms with van der Waals surface area (Å²) in [6.07, 6.45) is -4.57. The van der Waals surface area contributed by atoms with Crippen molar-refractivity contribution in [3.63, 3.8) is 0 Å². The molecule has 2 aromatic rings. The zero-order valence-corrected chi connectivity index (χ0v) is 10.4. The lowest BCUT2D eigenvalue weighted by Crippen LogP contribution is -2.05. The van der Waals surface area contributed by atoms with Crippen molar-refractivity contribution in [3.8, 4) is 17.6 Å². The maximum Gasteiger partial charge on any atom is 0.416 e. The smallest absolute Gasteiger partial charge is 0.416 e. The van der Waals surface area contributed by atoms with Crippen LogP contribution in [0.25, 0.3) is 0 Å². The van der Waals surface area contributed by atoms with Crippen LogP contribution in [-0.2, 0) is 6.18 Å². The third-order valence-corrected chi connectivity index (χ3v) is 2.62. The highest BCUT2D eigenvalue weighted by Crippen LogP contribution is 2.35. The zero-order chi connectivity index (χ0) is 15.6. The summed E-state index contributed by atoms with van der Waals surface area (Å²) in [7, 11) is 0. The summed E-state index contributed by atoms with van der Waals surface area (Å²) in [5, 5.41) is 8.91. The van der Waals surface area contributed by atoms with E-state index in [1.54, 1.807) is 6.07 Å².